The first-order chi connectivity index (χ1) is 7.97. The van der Waals surface area contributed by atoms with Crippen LogP contribution >= 0.6 is 0 Å². The molecule has 0 amide bonds. The van der Waals surface area contributed by atoms with Crippen LogP contribution in [-0.4, -0.2) is 38.7 Å². The average Bonchev–Trinajstić information content (AvgIpc) is 2.22. The number of nitrogens with one attached hydrogen (secondary N) is 4. The van der Waals surface area contributed by atoms with Crippen LogP contribution in [-0.2, 0) is 0 Å². The van der Waals surface area contributed by atoms with Crippen molar-refractivity contribution in [2.75, 3.05) is 13.1 Å². The molecular formula is C11H22BN5. The monoisotopic (exact) mass is 235 g/mol. The lowest BCUT2D eigenvalue weighted by Crippen LogP contribution is -2.28. The van der Waals surface area contributed by atoms with Crippen LogP contribution in [0.1, 0.15) is 20.8 Å². The van der Waals surface area contributed by atoms with Crippen LogP contribution in [0.25, 0.3) is 0 Å². The van der Waals surface area contributed by atoms with Gasteiger partial charge in [-0.25, -0.2) is 4.99 Å². The minimum absolute atomic E-state index is 0.524. The van der Waals surface area contributed by atoms with Gasteiger partial charge < -0.3 is 16.0 Å². The van der Waals surface area contributed by atoms with Crippen molar-refractivity contribution in [3.05, 3.63) is 11.8 Å². The van der Waals surface area contributed by atoms with Crippen molar-refractivity contribution in [3.63, 3.8) is 0 Å². The number of amidine groups is 1. The lowest BCUT2D eigenvalue weighted by Gasteiger charge is -2.10. The maximum atomic E-state index is 7.65. The fourth-order valence-electron chi connectivity index (χ4n) is 1.08. The second-order valence-electron chi connectivity index (χ2n) is 4.29. The highest BCUT2D eigenvalue weighted by Gasteiger charge is 2.00. The van der Waals surface area contributed by atoms with Crippen LogP contribution in [0.3, 0.4) is 0 Å². The van der Waals surface area contributed by atoms with Gasteiger partial charge in [0.2, 0.25) is 0 Å². The van der Waals surface area contributed by atoms with Gasteiger partial charge in [-0.2, -0.15) is 0 Å². The maximum absolute atomic E-state index is 7.65. The minimum atomic E-state index is 0.524. The zero-order valence-electron chi connectivity index (χ0n) is 11.1. The average molecular weight is 235 g/mol. The van der Waals surface area contributed by atoms with Gasteiger partial charge in [0.25, 0.3) is 0 Å². The molecule has 0 radical (unpaired) electrons. The summed E-state index contributed by atoms with van der Waals surface area (Å²) < 4.78 is 0. The topological polar surface area (TPSA) is 84.1 Å². The van der Waals surface area contributed by atoms with Crippen molar-refractivity contribution in [3.8, 4) is 0 Å². The third-order valence-corrected chi connectivity index (χ3v) is 2.08. The van der Waals surface area contributed by atoms with Gasteiger partial charge in [0.15, 0.2) is 7.85 Å². The SMILES string of the molecule is B/C(=N/C=N)NC/C(=C/NCC(C)C)C(C)=N. The highest BCUT2D eigenvalue weighted by molar-refractivity contribution is 6.59. The fourth-order valence-corrected chi connectivity index (χ4v) is 1.08. The molecule has 94 valence electrons. The van der Waals surface area contributed by atoms with E-state index in [1.807, 2.05) is 6.20 Å². The van der Waals surface area contributed by atoms with Crippen LogP contribution in [0.5, 0.6) is 0 Å². The van der Waals surface area contributed by atoms with E-state index in [1.54, 1.807) is 14.8 Å². The number of rotatable bonds is 7. The molecule has 0 saturated heterocycles. The van der Waals surface area contributed by atoms with Crippen LogP contribution < -0.4 is 10.6 Å². The van der Waals surface area contributed by atoms with Crippen molar-refractivity contribution in [1.82, 2.24) is 10.6 Å². The zero-order chi connectivity index (χ0) is 13.3. The molecule has 0 aliphatic rings. The summed E-state index contributed by atoms with van der Waals surface area (Å²) in [6, 6.07) is 0. The predicted molar refractivity (Wildman–Crippen MR) is 77.1 cm³/mol. The van der Waals surface area contributed by atoms with Gasteiger partial charge in [-0.1, -0.05) is 13.8 Å². The Morgan fingerprint density at radius 1 is 1.47 bits per heavy atom. The molecule has 0 aromatic carbocycles. The lowest BCUT2D eigenvalue weighted by molar-refractivity contribution is 0.610. The van der Waals surface area contributed by atoms with E-state index in [0.717, 1.165) is 18.5 Å². The van der Waals surface area contributed by atoms with E-state index in [4.69, 9.17) is 10.8 Å². The third kappa shape index (κ3) is 8.25. The second kappa shape index (κ2) is 8.55. The molecule has 0 spiro atoms. The van der Waals surface area contributed by atoms with Gasteiger partial charge in [-0.15, -0.1) is 0 Å². The van der Waals surface area contributed by atoms with E-state index in [2.05, 4.69) is 29.5 Å². The summed E-state index contributed by atoms with van der Waals surface area (Å²) in [5.74, 6) is 0.577. The summed E-state index contributed by atoms with van der Waals surface area (Å²) in [6.45, 7) is 7.47. The molecule has 0 aliphatic carbocycles. The second-order valence-corrected chi connectivity index (χ2v) is 4.29. The van der Waals surface area contributed by atoms with Crippen molar-refractivity contribution < 1.29 is 0 Å². The summed E-state index contributed by atoms with van der Waals surface area (Å²) in [6.07, 6.45) is 2.87. The summed E-state index contributed by atoms with van der Waals surface area (Å²) in [4.78, 5) is 3.79. The van der Waals surface area contributed by atoms with Gasteiger partial charge in [0.05, 0.1) is 5.73 Å². The van der Waals surface area contributed by atoms with Crippen molar-refractivity contribution in [1.29, 1.82) is 10.8 Å². The van der Waals surface area contributed by atoms with E-state index < -0.39 is 0 Å². The van der Waals surface area contributed by atoms with Gasteiger partial charge in [0.1, 0.15) is 6.34 Å². The number of aliphatic imine (C=N–C) groups is 1. The molecule has 0 rings (SSSR count). The van der Waals surface area contributed by atoms with E-state index in [0.29, 0.717) is 23.9 Å². The Morgan fingerprint density at radius 2 is 2.12 bits per heavy atom. The number of nitrogens with zero attached hydrogens (tertiary/aromatic N) is 1. The van der Waals surface area contributed by atoms with Gasteiger partial charge in [-0.3, -0.25) is 5.41 Å². The molecule has 6 heteroatoms. The first kappa shape index (κ1) is 15.4. The Morgan fingerprint density at radius 3 is 2.59 bits per heavy atom. The summed E-state index contributed by atoms with van der Waals surface area (Å²) in [5.41, 5.74) is 2.09. The first-order valence-electron chi connectivity index (χ1n) is 5.72. The molecule has 0 unspecified atom stereocenters. The molecule has 0 aliphatic heterocycles. The van der Waals surface area contributed by atoms with E-state index in [-0.39, 0.29) is 0 Å². The summed E-state index contributed by atoms with van der Waals surface area (Å²) in [7, 11) is 1.80. The Hall–Kier alpha value is -1.59. The van der Waals surface area contributed by atoms with Gasteiger partial charge in [-0.05, 0) is 12.8 Å². The van der Waals surface area contributed by atoms with E-state index in [1.165, 1.54) is 0 Å². The molecule has 4 N–H and O–H groups in total. The first-order valence-corrected chi connectivity index (χ1v) is 5.72. The molecule has 0 heterocycles. The highest BCUT2D eigenvalue weighted by atomic mass is 15.0. The van der Waals surface area contributed by atoms with Crippen molar-refractivity contribution >= 4 is 25.6 Å². The molecule has 0 fully saturated rings. The molecule has 5 nitrogen and oxygen atoms in total. The lowest BCUT2D eigenvalue weighted by atomic mass is 10.1. The zero-order valence-corrected chi connectivity index (χ0v) is 11.1. The van der Waals surface area contributed by atoms with Crippen molar-refractivity contribution in [2.45, 2.75) is 20.8 Å². The quantitative estimate of drug-likeness (QED) is 0.291. The molecule has 0 atom stereocenters. The highest BCUT2D eigenvalue weighted by Crippen LogP contribution is 1.94. The van der Waals surface area contributed by atoms with E-state index in [9.17, 15) is 0 Å². The fraction of sp³-hybridized carbons (Fsp3) is 0.545. The van der Waals surface area contributed by atoms with Gasteiger partial charge >= 0.3 is 0 Å². The molecule has 0 bridgehead atoms. The Labute approximate surface area is 104 Å². The largest absolute Gasteiger partial charge is 0.390 e. The van der Waals surface area contributed by atoms with Crippen LogP contribution in [0, 0.1) is 16.7 Å². The van der Waals surface area contributed by atoms with Crippen LogP contribution in [0.2, 0.25) is 0 Å². The third-order valence-electron chi connectivity index (χ3n) is 2.08. The molecular weight excluding hydrogens is 213 g/mol. The number of hydrogen-bond acceptors (Lipinski definition) is 3. The smallest absolute Gasteiger partial charge is 0.185 e. The molecule has 17 heavy (non-hydrogen) atoms. The summed E-state index contributed by atoms with van der Waals surface area (Å²) >= 11 is 0. The summed E-state index contributed by atoms with van der Waals surface area (Å²) in [5, 5.41) is 20.7. The molecule has 0 saturated carbocycles. The van der Waals surface area contributed by atoms with Crippen LogP contribution in [0.15, 0.2) is 16.8 Å². The molecule has 0 aromatic rings. The number of hydrogen-bond donors (Lipinski definition) is 4. The maximum Gasteiger partial charge on any atom is 0.185 e. The van der Waals surface area contributed by atoms with Crippen molar-refractivity contribution in [2.24, 2.45) is 10.9 Å². The van der Waals surface area contributed by atoms with Gasteiger partial charge in [0, 0.05) is 30.6 Å². The Kier molecular flexibility index (Phi) is 7.76. The standard InChI is InChI=1S/C11H22BN5/c1-8(2)4-15-5-10(9(3)14)6-16-11(12)17-7-13/h5,7-8,14-15H,4,6,12H2,1-3H3,(H2,13,16,17)/b10-5-,14-9?. The van der Waals surface area contributed by atoms with E-state index >= 15 is 0 Å². The normalized spacial score (nSPS) is 12.5. The predicted octanol–water partition coefficient (Wildman–Crippen LogP) is 0.341. The Bertz CT molecular complexity index is 320. The molecule has 0 aromatic heterocycles. The minimum Gasteiger partial charge on any atom is -0.390 e. The van der Waals surface area contributed by atoms with Crippen LogP contribution in [0.4, 0.5) is 0 Å². The Balaban J connectivity index is 4.29.